The van der Waals surface area contributed by atoms with E-state index in [4.69, 9.17) is 0 Å². The Hall–Kier alpha value is -1.48. The molecule has 0 saturated carbocycles. The standard InChI is InChI=1S/C23H22B.3CH3.Sn/c1-2-8-19(9-3-1)14-15-22(18-20-10-4-5-11-20)24-17-16-21-12-6-7-13-23(21)24;;;;/h1-13,20H,14-17H2;3*1H3;. The third kappa shape index (κ3) is 4.25. The Labute approximate surface area is 175 Å². The van der Waals surface area contributed by atoms with Gasteiger partial charge < -0.3 is 0 Å². The summed E-state index contributed by atoms with van der Waals surface area (Å²) in [5.41, 5.74) is 6.42. The van der Waals surface area contributed by atoms with Gasteiger partial charge in [-0.25, -0.2) is 0 Å². The zero-order valence-corrected chi connectivity index (χ0v) is 20.3. The Bertz CT molecular complexity index is 903. The van der Waals surface area contributed by atoms with E-state index in [0.717, 1.165) is 6.42 Å². The van der Waals surface area contributed by atoms with E-state index in [-0.39, 0.29) is 0 Å². The first-order chi connectivity index (χ1) is 13.5. The van der Waals surface area contributed by atoms with E-state index in [2.05, 4.69) is 93.7 Å². The number of rotatable bonds is 6. The van der Waals surface area contributed by atoms with Crippen molar-refractivity contribution < 1.29 is 0 Å². The summed E-state index contributed by atoms with van der Waals surface area (Å²) in [4.78, 5) is 7.81. The molecule has 0 unspecified atom stereocenters. The van der Waals surface area contributed by atoms with E-state index in [1.165, 1.54) is 24.7 Å². The van der Waals surface area contributed by atoms with Gasteiger partial charge in [-0.15, -0.1) is 0 Å². The van der Waals surface area contributed by atoms with Crippen molar-refractivity contribution in [2.24, 2.45) is 5.92 Å². The van der Waals surface area contributed by atoms with Crippen LogP contribution in [0, 0.1) is 5.92 Å². The van der Waals surface area contributed by atoms with Gasteiger partial charge in [0.15, 0.2) is 0 Å². The molecule has 2 heteroatoms. The summed E-state index contributed by atoms with van der Waals surface area (Å²) in [5, 5.41) is 0. The molecule has 0 radical (unpaired) electrons. The van der Waals surface area contributed by atoms with Crippen LogP contribution in [0.15, 0.2) is 88.0 Å². The van der Waals surface area contributed by atoms with Crippen LogP contribution < -0.4 is 5.46 Å². The zero-order chi connectivity index (χ0) is 19.6. The molecule has 142 valence electrons. The first kappa shape index (κ1) is 19.8. The van der Waals surface area contributed by atoms with E-state index < -0.39 is 18.4 Å². The molecule has 0 amide bonds. The fourth-order valence-corrected chi connectivity index (χ4v) is 12.2. The molecule has 0 bridgehead atoms. The van der Waals surface area contributed by atoms with Crippen LogP contribution in [0.1, 0.15) is 17.5 Å². The predicted molar refractivity (Wildman–Crippen MR) is 127 cm³/mol. The summed E-state index contributed by atoms with van der Waals surface area (Å²) in [6, 6.07) is 20.2. The molecule has 0 N–H and O–H groups in total. The first-order valence-electron chi connectivity index (χ1n) is 10.7. The number of aryl methyl sites for hydroxylation is 2. The fourth-order valence-electron chi connectivity index (χ4n) is 5.16. The van der Waals surface area contributed by atoms with Gasteiger partial charge in [0.25, 0.3) is 0 Å². The van der Waals surface area contributed by atoms with Crippen LogP contribution in [-0.4, -0.2) is 25.1 Å². The maximum atomic E-state index is 2.60. The van der Waals surface area contributed by atoms with Crippen LogP contribution in [0.25, 0.3) is 0 Å². The summed E-state index contributed by atoms with van der Waals surface area (Å²) in [7, 11) is 0. The molecule has 2 aromatic carbocycles. The van der Waals surface area contributed by atoms with Gasteiger partial charge in [0.05, 0.1) is 0 Å². The maximum absolute atomic E-state index is 2.60. The van der Waals surface area contributed by atoms with Crippen molar-refractivity contribution in [1.29, 1.82) is 0 Å². The summed E-state index contributed by atoms with van der Waals surface area (Å²) >= 11 is -2.30. The SMILES string of the molecule is [CH3][Sn]([CH3])([CH3])/[C](=C(/CCc1ccccc1)B1CCc2ccccc21)C1C=CC=C1. The van der Waals surface area contributed by atoms with E-state index in [0.29, 0.717) is 12.6 Å². The van der Waals surface area contributed by atoms with Crippen molar-refractivity contribution in [3.05, 3.63) is 99.1 Å². The van der Waals surface area contributed by atoms with Gasteiger partial charge in [-0.05, 0) is 0 Å². The van der Waals surface area contributed by atoms with Gasteiger partial charge in [-0.1, -0.05) is 0 Å². The third-order valence-electron chi connectivity index (χ3n) is 6.31. The minimum atomic E-state index is -2.30. The monoisotopic (exact) mass is 474 g/mol. The number of allylic oxidation sites excluding steroid dienone is 6. The second-order valence-electron chi connectivity index (χ2n) is 9.26. The zero-order valence-electron chi connectivity index (χ0n) is 17.5. The molecule has 0 atom stereocenters. The Morgan fingerprint density at radius 2 is 1.61 bits per heavy atom. The quantitative estimate of drug-likeness (QED) is 0.450. The molecule has 1 heterocycles. The predicted octanol–water partition coefficient (Wildman–Crippen LogP) is 6.03. The van der Waals surface area contributed by atoms with Crippen molar-refractivity contribution in [1.82, 2.24) is 0 Å². The van der Waals surface area contributed by atoms with Gasteiger partial charge in [0.2, 0.25) is 0 Å². The van der Waals surface area contributed by atoms with Crippen LogP contribution in [0.5, 0.6) is 0 Å². The van der Waals surface area contributed by atoms with Crippen molar-refractivity contribution in [3.8, 4) is 0 Å². The van der Waals surface area contributed by atoms with Crippen LogP contribution >= 0.6 is 0 Å². The van der Waals surface area contributed by atoms with Crippen molar-refractivity contribution >= 4 is 30.6 Å². The molecule has 0 saturated heterocycles. The Kier molecular flexibility index (Phi) is 6.01. The van der Waals surface area contributed by atoms with Crippen LogP contribution in [0.3, 0.4) is 0 Å². The van der Waals surface area contributed by atoms with E-state index >= 15 is 0 Å². The number of fused-ring (bicyclic) bond motifs is 1. The molecule has 2 aliphatic rings. The topological polar surface area (TPSA) is 0 Å². The van der Waals surface area contributed by atoms with Crippen LogP contribution in [-0.2, 0) is 12.8 Å². The molecule has 28 heavy (non-hydrogen) atoms. The summed E-state index contributed by atoms with van der Waals surface area (Å²) in [5.74, 6) is 0.536. The molecule has 2 aromatic rings. The molecule has 0 aromatic heterocycles. The van der Waals surface area contributed by atoms with E-state index in [1.807, 2.05) is 3.59 Å². The second-order valence-corrected chi connectivity index (χ2v) is 23.6. The molecule has 1 aliphatic heterocycles. The van der Waals surface area contributed by atoms with Crippen LogP contribution in [0.4, 0.5) is 0 Å². The molecule has 0 spiro atoms. The number of benzene rings is 2. The van der Waals surface area contributed by atoms with Gasteiger partial charge >= 0.3 is 176 Å². The normalized spacial score (nSPS) is 17.2. The van der Waals surface area contributed by atoms with Gasteiger partial charge in [0, 0.05) is 0 Å². The molecular formula is C26H31BSn. The Balaban J connectivity index is 1.78. The number of hydrogen-bond acceptors (Lipinski definition) is 0. The fraction of sp³-hybridized carbons (Fsp3) is 0.308. The summed E-state index contributed by atoms with van der Waals surface area (Å²) in [6.45, 7) is 0.619. The molecule has 4 rings (SSSR count). The summed E-state index contributed by atoms with van der Waals surface area (Å²) < 4.78 is 1.84. The summed E-state index contributed by atoms with van der Waals surface area (Å²) in [6.07, 6.45) is 14.2. The molecular weight excluding hydrogens is 442 g/mol. The Morgan fingerprint density at radius 1 is 0.929 bits per heavy atom. The number of hydrogen-bond donors (Lipinski definition) is 0. The van der Waals surface area contributed by atoms with Gasteiger partial charge in [0.1, 0.15) is 0 Å². The van der Waals surface area contributed by atoms with Gasteiger partial charge in [-0.3, -0.25) is 0 Å². The average molecular weight is 473 g/mol. The van der Waals surface area contributed by atoms with Crippen molar-refractivity contribution in [2.45, 2.75) is 40.4 Å². The van der Waals surface area contributed by atoms with Gasteiger partial charge in [-0.2, -0.15) is 0 Å². The first-order valence-corrected chi connectivity index (χ1v) is 20.7. The third-order valence-corrected chi connectivity index (χ3v) is 12.8. The molecule has 1 aliphatic carbocycles. The second kappa shape index (κ2) is 8.49. The van der Waals surface area contributed by atoms with E-state index in [1.54, 1.807) is 16.5 Å². The minimum absolute atomic E-state index is 0.536. The van der Waals surface area contributed by atoms with E-state index in [9.17, 15) is 0 Å². The van der Waals surface area contributed by atoms with Crippen molar-refractivity contribution in [3.63, 3.8) is 0 Å². The molecule has 0 nitrogen and oxygen atoms in total. The average Bonchev–Trinajstić information content (AvgIpc) is 3.35. The Morgan fingerprint density at radius 3 is 2.32 bits per heavy atom. The van der Waals surface area contributed by atoms with Crippen LogP contribution in [0.2, 0.25) is 21.1 Å². The van der Waals surface area contributed by atoms with Crippen molar-refractivity contribution in [2.75, 3.05) is 0 Å². The molecule has 0 fully saturated rings.